The summed E-state index contributed by atoms with van der Waals surface area (Å²) in [6.07, 6.45) is 0. The summed E-state index contributed by atoms with van der Waals surface area (Å²) in [5, 5.41) is 4.12. The Bertz CT molecular complexity index is 2440. The number of hydrogen-bond donors (Lipinski definition) is 0. The van der Waals surface area contributed by atoms with Crippen LogP contribution in [0, 0.1) is 0 Å². The van der Waals surface area contributed by atoms with Gasteiger partial charge in [-0.2, -0.15) is 0 Å². The second-order valence-electron chi connectivity index (χ2n) is 10.8. The van der Waals surface area contributed by atoms with Crippen molar-refractivity contribution in [3.63, 3.8) is 0 Å². The molecule has 3 heterocycles. The third-order valence-corrected chi connectivity index (χ3v) is 8.13. The summed E-state index contributed by atoms with van der Waals surface area (Å²) in [4.78, 5) is 15.1. The lowest BCUT2D eigenvalue weighted by molar-refractivity contribution is 0.668. The fourth-order valence-corrected chi connectivity index (χ4v) is 6.13. The molecule has 0 saturated carbocycles. The molecule has 0 bridgehead atoms. The van der Waals surface area contributed by atoms with Gasteiger partial charge in [-0.15, -0.1) is 0 Å². The van der Waals surface area contributed by atoms with Gasteiger partial charge in [0, 0.05) is 38.2 Å². The summed E-state index contributed by atoms with van der Waals surface area (Å²) < 4.78 is 12.7. The van der Waals surface area contributed by atoms with Gasteiger partial charge in [0.2, 0.25) is 0 Å². The van der Waals surface area contributed by atoms with Gasteiger partial charge in [-0.25, -0.2) is 15.0 Å². The maximum absolute atomic E-state index is 6.49. The van der Waals surface area contributed by atoms with E-state index < -0.39 is 0 Å². The molecule has 0 aliphatic heterocycles. The minimum atomic E-state index is 0.584. The third-order valence-electron chi connectivity index (χ3n) is 8.13. The van der Waals surface area contributed by atoms with Gasteiger partial charge in [0.25, 0.3) is 0 Å². The van der Waals surface area contributed by atoms with Crippen molar-refractivity contribution in [1.29, 1.82) is 0 Å². The quantitative estimate of drug-likeness (QED) is 0.212. The first-order chi connectivity index (χ1) is 21.8. The molecule has 6 aromatic carbocycles. The van der Waals surface area contributed by atoms with E-state index in [1.807, 2.05) is 109 Å². The van der Waals surface area contributed by atoms with Gasteiger partial charge in [0.15, 0.2) is 17.5 Å². The highest BCUT2D eigenvalue weighted by molar-refractivity contribution is 6.16. The van der Waals surface area contributed by atoms with Crippen LogP contribution in [0.15, 0.2) is 148 Å². The zero-order chi connectivity index (χ0) is 29.0. The lowest BCUT2D eigenvalue weighted by atomic mass is 9.95. The van der Waals surface area contributed by atoms with E-state index >= 15 is 0 Å². The summed E-state index contributed by atoms with van der Waals surface area (Å²) in [6.45, 7) is 0. The Kier molecular flexibility index (Phi) is 5.43. The fraction of sp³-hybridized carbons (Fsp3) is 0. The van der Waals surface area contributed by atoms with Crippen LogP contribution in [0.1, 0.15) is 0 Å². The van der Waals surface area contributed by atoms with Crippen LogP contribution in [0.2, 0.25) is 0 Å². The molecule has 0 radical (unpaired) electrons. The maximum Gasteiger partial charge on any atom is 0.164 e. The zero-order valence-electron chi connectivity index (χ0n) is 23.4. The molecule has 0 fully saturated rings. The maximum atomic E-state index is 6.49. The van der Waals surface area contributed by atoms with Crippen molar-refractivity contribution in [2.45, 2.75) is 0 Å². The van der Waals surface area contributed by atoms with E-state index in [1.54, 1.807) is 0 Å². The lowest BCUT2D eigenvalue weighted by Gasteiger charge is -2.11. The Morgan fingerprint density at radius 2 is 0.841 bits per heavy atom. The van der Waals surface area contributed by atoms with E-state index in [0.29, 0.717) is 17.5 Å². The highest BCUT2D eigenvalue weighted by atomic mass is 16.3. The molecule has 5 heteroatoms. The molecule has 5 nitrogen and oxygen atoms in total. The summed E-state index contributed by atoms with van der Waals surface area (Å²) in [6, 6.07) is 46.8. The van der Waals surface area contributed by atoms with E-state index in [4.69, 9.17) is 23.8 Å². The van der Waals surface area contributed by atoms with Crippen LogP contribution in [-0.4, -0.2) is 15.0 Å². The predicted molar refractivity (Wildman–Crippen MR) is 176 cm³/mol. The SMILES string of the molecule is c1ccc(-c2nc(-c3ccccc3)nc(-c3cc(-c4cccc5oc6ccccc6c45)cc4oc5ccccc5c34)n2)cc1. The van der Waals surface area contributed by atoms with Crippen LogP contribution in [0.25, 0.3) is 89.2 Å². The molecule has 0 aliphatic carbocycles. The van der Waals surface area contributed by atoms with Gasteiger partial charge in [0.1, 0.15) is 22.3 Å². The van der Waals surface area contributed by atoms with Gasteiger partial charge in [0.05, 0.1) is 0 Å². The minimum Gasteiger partial charge on any atom is -0.456 e. The number of benzene rings is 6. The Morgan fingerprint density at radius 3 is 1.48 bits per heavy atom. The molecule has 206 valence electrons. The molecule has 0 unspecified atom stereocenters. The standard InChI is InChI=1S/C39H23N3O2/c1-3-12-24(13-4-1)37-40-38(25-14-5-2-6-15-25)42-39(41-37)30-22-26(23-34-36(30)29-17-8-10-20-32(29)44-34)27-18-11-21-33-35(27)28-16-7-9-19-31(28)43-33/h1-23H. The highest BCUT2D eigenvalue weighted by Gasteiger charge is 2.21. The van der Waals surface area contributed by atoms with Gasteiger partial charge < -0.3 is 8.83 Å². The Morgan fingerprint density at radius 1 is 0.341 bits per heavy atom. The summed E-state index contributed by atoms with van der Waals surface area (Å²) in [5.41, 5.74) is 8.05. The van der Waals surface area contributed by atoms with Crippen molar-refractivity contribution in [3.05, 3.63) is 140 Å². The first-order valence-electron chi connectivity index (χ1n) is 14.5. The van der Waals surface area contributed by atoms with Crippen molar-refractivity contribution >= 4 is 43.9 Å². The molecular weight excluding hydrogens is 542 g/mol. The van der Waals surface area contributed by atoms with Crippen LogP contribution in [-0.2, 0) is 0 Å². The first kappa shape index (κ1) is 24.5. The van der Waals surface area contributed by atoms with Crippen LogP contribution in [0.4, 0.5) is 0 Å². The molecule has 9 rings (SSSR count). The second kappa shape index (κ2) is 9.75. The van der Waals surface area contributed by atoms with Crippen molar-refractivity contribution < 1.29 is 8.83 Å². The first-order valence-corrected chi connectivity index (χ1v) is 14.5. The van der Waals surface area contributed by atoms with Crippen molar-refractivity contribution in [2.24, 2.45) is 0 Å². The number of para-hydroxylation sites is 2. The Balaban J connectivity index is 1.38. The molecule has 0 N–H and O–H groups in total. The van der Waals surface area contributed by atoms with E-state index in [0.717, 1.165) is 71.7 Å². The second-order valence-corrected chi connectivity index (χ2v) is 10.8. The van der Waals surface area contributed by atoms with Gasteiger partial charge in [-0.1, -0.05) is 109 Å². The van der Waals surface area contributed by atoms with Crippen LogP contribution < -0.4 is 0 Å². The van der Waals surface area contributed by atoms with Crippen molar-refractivity contribution in [3.8, 4) is 45.3 Å². The smallest absolute Gasteiger partial charge is 0.164 e. The Labute approximate surface area is 252 Å². The molecule has 0 saturated heterocycles. The van der Waals surface area contributed by atoms with Crippen LogP contribution >= 0.6 is 0 Å². The van der Waals surface area contributed by atoms with E-state index in [9.17, 15) is 0 Å². The molecule has 0 amide bonds. The van der Waals surface area contributed by atoms with E-state index in [1.165, 1.54) is 0 Å². The van der Waals surface area contributed by atoms with Crippen molar-refractivity contribution in [1.82, 2.24) is 15.0 Å². The molecular formula is C39H23N3O2. The number of furan rings is 2. The largest absolute Gasteiger partial charge is 0.456 e. The molecule has 0 atom stereocenters. The number of rotatable bonds is 4. The monoisotopic (exact) mass is 565 g/mol. The van der Waals surface area contributed by atoms with Gasteiger partial charge >= 0.3 is 0 Å². The minimum absolute atomic E-state index is 0.584. The fourth-order valence-electron chi connectivity index (χ4n) is 6.13. The van der Waals surface area contributed by atoms with E-state index in [-0.39, 0.29) is 0 Å². The zero-order valence-corrected chi connectivity index (χ0v) is 23.4. The van der Waals surface area contributed by atoms with Crippen LogP contribution in [0.5, 0.6) is 0 Å². The van der Waals surface area contributed by atoms with Gasteiger partial charge in [-0.05, 0) is 41.5 Å². The number of aromatic nitrogens is 3. The van der Waals surface area contributed by atoms with E-state index in [2.05, 4.69) is 30.3 Å². The normalized spacial score (nSPS) is 11.6. The average molecular weight is 566 g/mol. The Hall–Kier alpha value is -6.07. The number of fused-ring (bicyclic) bond motifs is 6. The molecule has 44 heavy (non-hydrogen) atoms. The molecule has 0 spiro atoms. The number of nitrogens with zero attached hydrogens (tertiary/aromatic N) is 3. The van der Waals surface area contributed by atoms with Crippen LogP contribution in [0.3, 0.4) is 0 Å². The molecule has 0 aliphatic rings. The summed E-state index contributed by atoms with van der Waals surface area (Å²) in [5.74, 6) is 1.81. The van der Waals surface area contributed by atoms with Gasteiger partial charge in [-0.3, -0.25) is 0 Å². The summed E-state index contributed by atoms with van der Waals surface area (Å²) in [7, 11) is 0. The molecule has 9 aromatic rings. The molecule has 3 aromatic heterocycles. The van der Waals surface area contributed by atoms with Crippen molar-refractivity contribution in [2.75, 3.05) is 0 Å². The lowest BCUT2D eigenvalue weighted by Crippen LogP contribution is -2.00. The third kappa shape index (κ3) is 3.91. The number of hydrogen-bond acceptors (Lipinski definition) is 5. The predicted octanol–water partition coefficient (Wildman–Crippen LogP) is 10.3. The summed E-state index contributed by atoms with van der Waals surface area (Å²) >= 11 is 0. The topological polar surface area (TPSA) is 65.0 Å². The average Bonchev–Trinajstić information content (AvgIpc) is 3.67. The highest BCUT2D eigenvalue weighted by Crippen LogP contribution is 2.42.